The highest BCUT2D eigenvalue weighted by Crippen LogP contribution is 2.40. The van der Waals surface area contributed by atoms with Crippen LogP contribution in [0.5, 0.6) is 11.5 Å². The number of fused-ring (bicyclic) bond motifs is 1. The minimum Gasteiger partial charge on any atom is -0.507 e. The van der Waals surface area contributed by atoms with Crippen molar-refractivity contribution in [1.29, 1.82) is 0 Å². The van der Waals surface area contributed by atoms with Crippen molar-refractivity contribution in [2.24, 2.45) is 0 Å². The van der Waals surface area contributed by atoms with Gasteiger partial charge in [-0.15, -0.1) is 0 Å². The monoisotopic (exact) mass is 274 g/mol. The SMILES string of the molecule is O=C1CC(c2ccccc2Cl)Oc2cccc(O)c21. The van der Waals surface area contributed by atoms with Crippen molar-refractivity contribution >= 4 is 17.4 Å². The molecular formula is C15H11ClO3. The fourth-order valence-corrected chi connectivity index (χ4v) is 2.53. The number of carbonyl (C=O) groups is 1. The Morgan fingerprint density at radius 3 is 2.74 bits per heavy atom. The molecular weight excluding hydrogens is 264 g/mol. The highest BCUT2D eigenvalue weighted by atomic mass is 35.5. The Labute approximate surface area is 115 Å². The number of ketones is 1. The summed E-state index contributed by atoms with van der Waals surface area (Å²) >= 11 is 6.12. The second-order valence-corrected chi connectivity index (χ2v) is 4.81. The number of hydrogen-bond donors (Lipinski definition) is 1. The molecule has 0 fully saturated rings. The molecule has 1 unspecified atom stereocenters. The molecule has 1 atom stereocenters. The Morgan fingerprint density at radius 1 is 1.16 bits per heavy atom. The van der Waals surface area contributed by atoms with Crippen LogP contribution in [0.3, 0.4) is 0 Å². The van der Waals surface area contributed by atoms with Gasteiger partial charge in [-0.3, -0.25) is 4.79 Å². The Morgan fingerprint density at radius 2 is 1.95 bits per heavy atom. The van der Waals surface area contributed by atoms with Crippen LogP contribution in [0.4, 0.5) is 0 Å². The van der Waals surface area contributed by atoms with E-state index in [-0.39, 0.29) is 23.5 Å². The first-order chi connectivity index (χ1) is 9.16. The molecule has 0 amide bonds. The van der Waals surface area contributed by atoms with E-state index >= 15 is 0 Å². The van der Waals surface area contributed by atoms with E-state index < -0.39 is 6.10 Å². The number of ether oxygens (including phenoxy) is 1. The van der Waals surface area contributed by atoms with E-state index in [0.717, 1.165) is 5.56 Å². The molecule has 1 aliphatic heterocycles. The van der Waals surface area contributed by atoms with Crippen LogP contribution in [-0.2, 0) is 0 Å². The van der Waals surface area contributed by atoms with Gasteiger partial charge in [0.05, 0.1) is 6.42 Å². The van der Waals surface area contributed by atoms with Gasteiger partial charge in [-0.1, -0.05) is 35.9 Å². The largest absolute Gasteiger partial charge is 0.507 e. The van der Waals surface area contributed by atoms with Crippen LogP contribution < -0.4 is 4.74 Å². The van der Waals surface area contributed by atoms with Crippen LogP contribution >= 0.6 is 11.6 Å². The molecule has 4 heteroatoms. The molecule has 3 rings (SSSR count). The molecule has 1 heterocycles. The number of carbonyl (C=O) groups excluding carboxylic acids is 1. The molecule has 0 aromatic heterocycles. The topological polar surface area (TPSA) is 46.5 Å². The van der Waals surface area contributed by atoms with Gasteiger partial charge in [0.1, 0.15) is 23.2 Å². The summed E-state index contributed by atoms with van der Waals surface area (Å²) in [7, 11) is 0. The maximum absolute atomic E-state index is 12.1. The van der Waals surface area contributed by atoms with Gasteiger partial charge < -0.3 is 9.84 Å². The lowest BCUT2D eigenvalue weighted by molar-refractivity contribution is 0.0845. The van der Waals surface area contributed by atoms with E-state index in [1.54, 1.807) is 18.2 Å². The van der Waals surface area contributed by atoms with Crippen LogP contribution in [0.1, 0.15) is 28.4 Å². The van der Waals surface area contributed by atoms with E-state index in [2.05, 4.69) is 0 Å². The molecule has 0 radical (unpaired) electrons. The highest BCUT2D eigenvalue weighted by molar-refractivity contribution is 6.31. The number of aromatic hydroxyl groups is 1. The minimum absolute atomic E-state index is 0.0416. The molecule has 1 aliphatic rings. The molecule has 2 aromatic rings. The van der Waals surface area contributed by atoms with Gasteiger partial charge in [0, 0.05) is 10.6 Å². The summed E-state index contributed by atoms with van der Waals surface area (Å²) in [6, 6.07) is 12.1. The second kappa shape index (κ2) is 4.59. The van der Waals surface area contributed by atoms with Crippen molar-refractivity contribution in [1.82, 2.24) is 0 Å². The van der Waals surface area contributed by atoms with Gasteiger partial charge in [0.25, 0.3) is 0 Å². The normalized spacial score (nSPS) is 17.7. The summed E-state index contributed by atoms with van der Waals surface area (Å²) in [4.78, 5) is 12.1. The van der Waals surface area contributed by atoms with Crippen molar-refractivity contribution in [3.05, 3.63) is 58.6 Å². The standard InChI is InChI=1S/C15H11ClO3/c16-10-5-2-1-4-9(10)14-8-12(18)15-11(17)6-3-7-13(15)19-14/h1-7,14,17H,8H2. The molecule has 0 saturated heterocycles. The lowest BCUT2D eigenvalue weighted by Crippen LogP contribution is -2.20. The van der Waals surface area contributed by atoms with Crippen LogP contribution in [0.25, 0.3) is 0 Å². The molecule has 1 N–H and O–H groups in total. The summed E-state index contributed by atoms with van der Waals surface area (Å²) in [5.41, 5.74) is 1.04. The zero-order valence-corrected chi connectivity index (χ0v) is 10.7. The van der Waals surface area contributed by atoms with Gasteiger partial charge in [-0.2, -0.15) is 0 Å². The molecule has 96 valence electrons. The fraction of sp³-hybridized carbons (Fsp3) is 0.133. The Bertz CT molecular complexity index is 652. The molecule has 19 heavy (non-hydrogen) atoms. The van der Waals surface area contributed by atoms with Gasteiger partial charge in [0.15, 0.2) is 5.78 Å². The van der Waals surface area contributed by atoms with Gasteiger partial charge in [-0.05, 0) is 18.2 Å². The number of Topliss-reactive ketones (excluding diaryl/α,β-unsaturated/α-hetero) is 1. The quantitative estimate of drug-likeness (QED) is 0.861. The smallest absolute Gasteiger partial charge is 0.174 e. The van der Waals surface area contributed by atoms with Crippen LogP contribution in [-0.4, -0.2) is 10.9 Å². The predicted molar refractivity (Wildman–Crippen MR) is 71.9 cm³/mol. The molecule has 2 aromatic carbocycles. The van der Waals surface area contributed by atoms with Crippen molar-refractivity contribution in [3.63, 3.8) is 0 Å². The van der Waals surface area contributed by atoms with E-state index in [1.807, 2.05) is 18.2 Å². The maximum Gasteiger partial charge on any atom is 0.174 e. The van der Waals surface area contributed by atoms with Crippen molar-refractivity contribution in [3.8, 4) is 11.5 Å². The Hall–Kier alpha value is -2.00. The second-order valence-electron chi connectivity index (χ2n) is 4.41. The van der Waals surface area contributed by atoms with Crippen molar-refractivity contribution < 1.29 is 14.6 Å². The number of benzene rings is 2. The molecule has 3 nitrogen and oxygen atoms in total. The number of phenolic OH excluding ortho intramolecular Hbond substituents is 1. The van der Waals surface area contributed by atoms with Crippen molar-refractivity contribution in [2.45, 2.75) is 12.5 Å². The Balaban J connectivity index is 2.03. The van der Waals surface area contributed by atoms with Crippen LogP contribution in [0.2, 0.25) is 5.02 Å². The third kappa shape index (κ3) is 2.06. The van der Waals surface area contributed by atoms with Crippen LogP contribution in [0.15, 0.2) is 42.5 Å². The van der Waals surface area contributed by atoms with Gasteiger partial charge in [-0.25, -0.2) is 0 Å². The summed E-state index contributed by atoms with van der Waals surface area (Å²) in [6.45, 7) is 0. The van der Waals surface area contributed by atoms with E-state index in [1.165, 1.54) is 6.07 Å². The third-order valence-corrected chi connectivity index (χ3v) is 3.52. The van der Waals surface area contributed by atoms with E-state index in [4.69, 9.17) is 16.3 Å². The van der Waals surface area contributed by atoms with Gasteiger partial charge >= 0.3 is 0 Å². The first-order valence-electron chi connectivity index (χ1n) is 5.93. The molecule has 0 aliphatic carbocycles. The minimum atomic E-state index is -0.407. The first-order valence-corrected chi connectivity index (χ1v) is 6.31. The van der Waals surface area contributed by atoms with Gasteiger partial charge in [0.2, 0.25) is 0 Å². The summed E-state index contributed by atoms with van der Waals surface area (Å²) in [5.74, 6) is 0.227. The average molecular weight is 275 g/mol. The zero-order chi connectivity index (χ0) is 13.4. The number of phenols is 1. The number of halogens is 1. The van der Waals surface area contributed by atoms with E-state index in [9.17, 15) is 9.90 Å². The Kier molecular flexibility index (Phi) is 2.91. The fourth-order valence-electron chi connectivity index (χ4n) is 2.27. The average Bonchev–Trinajstić information content (AvgIpc) is 2.39. The number of rotatable bonds is 1. The summed E-state index contributed by atoms with van der Waals surface area (Å²) in [5, 5.41) is 10.3. The third-order valence-electron chi connectivity index (χ3n) is 3.18. The lowest BCUT2D eigenvalue weighted by atomic mass is 9.95. The van der Waals surface area contributed by atoms with Crippen LogP contribution in [0, 0.1) is 0 Å². The molecule has 0 saturated carbocycles. The predicted octanol–water partition coefficient (Wildman–Crippen LogP) is 3.75. The maximum atomic E-state index is 12.1. The molecule has 0 spiro atoms. The van der Waals surface area contributed by atoms with Crippen molar-refractivity contribution in [2.75, 3.05) is 0 Å². The zero-order valence-electron chi connectivity index (χ0n) is 9.97. The lowest BCUT2D eigenvalue weighted by Gasteiger charge is -2.26. The highest BCUT2D eigenvalue weighted by Gasteiger charge is 2.30. The number of hydrogen-bond acceptors (Lipinski definition) is 3. The molecule has 0 bridgehead atoms. The summed E-state index contributed by atoms with van der Waals surface area (Å²) < 4.78 is 5.78. The first kappa shape index (κ1) is 12.1. The summed E-state index contributed by atoms with van der Waals surface area (Å²) in [6.07, 6.45) is -0.232. The van der Waals surface area contributed by atoms with E-state index in [0.29, 0.717) is 10.8 Å².